The molecule has 0 saturated carbocycles. The summed E-state index contributed by atoms with van der Waals surface area (Å²) in [4.78, 5) is 24.4. The van der Waals surface area contributed by atoms with Crippen LogP contribution in [-0.4, -0.2) is 38.0 Å². The van der Waals surface area contributed by atoms with Gasteiger partial charge in [-0.1, -0.05) is 18.2 Å². The van der Waals surface area contributed by atoms with Gasteiger partial charge in [0.2, 0.25) is 6.29 Å². The molecule has 1 aromatic carbocycles. The van der Waals surface area contributed by atoms with Gasteiger partial charge in [0.15, 0.2) is 5.92 Å². The van der Waals surface area contributed by atoms with Gasteiger partial charge in [-0.25, -0.2) is 0 Å². The summed E-state index contributed by atoms with van der Waals surface area (Å²) in [7, 11) is 0. The molecule has 1 unspecified atom stereocenters. The van der Waals surface area contributed by atoms with Crippen LogP contribution in [-0.2, 0) is 35.0 Å². The molecular weight excluding hydrogens is 348 g/mol. The van der Waals surface area contributed by atoms with Gasteiger partial charge in [0.05, 0.1) is 19.8 Å². The first-order chi connectivity index (χ1) is 13.2. The van der Waals surface area contributed by atoms with Crippen LogP contribution >= 0.6 is 0 Å². The Hall–Kier alpha value is -2.52. The Morgan fingerprint density at radius 3 is 2.48 bits per heavy atom. The van der Waals surface area contributed by atoms with Crippen LogP contribution in [0, 0.1) is 17.9 Å². The Kier molecular flexibility index (Phi) is 8.66. The Bertz CT molecular complexity index is 663. The van der Waals surface area contributed by atoms with E-state index < -0.39 is 17.9 Å². The number of rotatable bonds is 7. The van der Waals surface area contributed by atoms with E-state index in [9.17, 15) is 9.59 Å². The normalized spacial score (nSPS) is 16.2. The summed E-state index contributed by atoms with van der Waals surface area (Å²) in [6, 6.07) is 7.32. The average Bonchev–Trinajstić information content (AvgIpc) is 2.68. The van der Waals surface area contributed by atoms with Crippen molar-refractivity contribution in [3.63, 3.8) is 0 Å². The van der Waals surface area contributed by atoms with E-state index in [-0.39, 0.29) is 25.9 Å². The van der Waals surface area contributed by atoms with Gasteiger partial charge in [0.25, 0.3) is 0 Å². The fourth-order valence-electron chi connectivity index (χ4n) is 2.74. The molecule has 0 aliphatic carbocycles. The standard InChI is InChI=1S/C21H26O6/c1-3-24-20(22)18(21(23)25-4-2)15-17-10-6-5-9-16(17)12-14-27-19-11-7-8-13-26-19/h5-6,9-10,18-19H,3-4,7-8,11,13,15H2,1-2H3. The Morgan fingerprint density at radius 1 is 1.15 bits per heavy atom. The van der Waals surface area contributed by atoms with Gasteiger partial charge < -0.3 is 18.9 Å². The van der Waals surface area contributed by atoms with Crippen molar-refractivity contribution < 1.29 is 28.5 Å². The second kappa shape index (κ2) is 11.2. The van der Waals surface area contributed by atoms with Crippen molar-refractivity contribution in [2.24, 2.45) is 5.92 Å². The van der Waals surface area contributed by atoms with Crippen LogP contribution < -0.4 is 0 Å². The summed E-state index contributed by atoms with van der Waals surface area (Å²) in [6.07, 6.45) is 5.46. The van der Waals surface area contributed by atoms with Gasteiger partial charge in [-0.3, -0.25) is 9.59 Å². The molecule has 6 heteroatoms. The van der Waals surface area contributed by atoms with Gasteiger partial charge in [-0.15, -0.1) is 0 Å². The monoisotopic (exact) mass is 374 g/mol. The molecule has 0 spiro atoms. The van der Waals surface area contributed by atoms with Crippen LogP contribution in [0.4, 0.5) is 0 Å². The van der Waals surface area contributed by atoms with Crippen LogP contribution in [0.1, 0.15) is 44.2 Å². The third kappa shape index (κ3) is 6.61. The number of esters is 2. The smallest absolute Gasteiger partial charge is 0.320 e. The largest absolute Gasteiger partial charge is 0.465 e. The lowest BCUT2D eigenvalue weighted by Gasteiger charge is -2.19. The minimum Gasteiger partial charge on any atom is -0.465 e. The summed E-state index contributed by atoms with van der Waals surface area (Å²) in [5.74, 6) is 0.749. The maximum atomic E-state index is 12.2. The molecule has 1 atom stereocenters. The third-order valence-corrected chi connectivity index (χ3v) is 4.10. The summed E-state index contributed by atoms with van der Waals surface area (Å²) < 4.78 is 21.0. The molecule has 1 aliphatic rings. The van der Waals surface area contributed by atoms with Crippen LogP contribution in [0.2, 0.25) is 0 Å². The molecular formula is C21H26O6. The highest BCUT2D eigenvalue weighted by Crippen LogP contribution is 2.17. The molecule has 1 fully saturated rings. The van der Waals surface area contributed by atoms with E-state index in [1.807, 2.05) is 24.3 Å². The molecule has 27 heavy (non-hydrogen) atoms. The third-order valence-electron chi connectivity index (χ3n) is 4.10. The molecule has 0 aromatic heterocycles. The molecule has 0 amide bonds. The highest BCUT2D eigenvalue weighted by molar-refractivity contribution is 5.95. The fourth-order valence-corrected chi connectivity index (χ4v) is 2.74. The summed E-state index contributed by atoms with van der Waals surface area (Å²) >= 11 is 0. The summed E-state index contributed by atoms with van der Waals surface area (Å²) in [5.41, 5.74) is 1.44. The molecule has 0 bridgehead atoms. The quantitative estimate of drug-likeness (QED) is 0.415. The van der Waals surface area contributed by atoms with Crippen molar-refractivity contribution in [1.29, 1.82) is 0 Å². The molecule has 146 valence electrons. The average molecular weight is 374 g/mol. The number of hydrogen-bond acceptors (Lipinski definition) is 6. The van der Waals surface area contributed by atoms with Gasteiger partial charge in [-0.05, 0) is 50.7 Å². The zero-order valence-corrected chi connectivity index (χ0v) is 15.9. The van der Waals surface area contributed by atoms with E-state index in [4.69, 9.17) is 18.9 Å². The Balaban J connectivity index is 2.12. The van der Waals surface area contributed by atoms with E-state index in [2.05, 4.69) is 12.0 Å². The summed E-state index contributed by atoms with van der Waals surface area (Å²) in [5, 5.41) is 0. The van der Waals surface area contributed by atoms with Crippen molar-refractivity contribution in [2.45, 2.75) is 45.8 Å². The lowest BCUT2D eigenvalue weighted by Crippen LogP contribution is -2.30. The number of ether oxygens (including phenoxy) is 4. The minimum atomic E-state index is -1.02. The second-order valence-corrected chi connectivity index (χ2v) is 6.06. The fraction of sp³-hybridized carbons (Fsp3) is 0.524. The number of carbonyl (C=O) groups is 2. The lowest BCUT2D eigenvalue weighted by atomic mass is 9.96. The molecule has 6 nitrogen and oxygen atoms in total. The Morgan fingerprint density at radius 2 is 1.85 bits per heavy atom. The van der Waals surface area contributed by atoms with E-state index >= 15 is 0 Å². The van der Waals surface area contributed by atoms with Crippen molar-refractivity contribution in [3.05, 3.63) is 35.4 Å². The molecule has 0 N–H and O–H groups in total. The topological polar surface area (TPSA) is 71.1 Å². The highest BCUT2D eigenvalue weighted by atomic mass is 16.7. The van der Waals surface area contributed by atoms with E-state index in [1.165, 1.54) is 0 Å². The van der Waals surface area contributed by atoms with Gasteiger partial charge in [0, 0.05) is 12.0 Å². The van der Waals surface area contributed by atoms with E-state index in [1.54, 1.807) is 13.8 Å². The number of carbonyl (C=O) groups excluding carboxylic acids is 2. The molecule has 1 aliphatic heterocycles. The van der Waals surface area contributed by atoms with Gasteiger partial charge >= 0.3 is 11.9 Å². The van der Waals surface area contributed by atoms with Crippen LogP contribution in [0.15, 0.2) is 24.3 Å². The second-order valence-electron chi connectivity index (χ2n) is 6.06. The molecule has 0 radical (unpaired) electrons. The van der Waals surface area contributed by atoms with Gasteiger partial charge in [-0.2, -0.15) is 0 Å². The zero-order valence-electron chi connectivity index (χ0n) is 15.9. The maximum Gasteiger partial charge on any atom is 0.320 e. The molecule has 2 rings (SSSR count). The lowest BCUT2D eigenvalue weighted by molar-refractivity contribution is -0.161. The van der Waals surface area contributed by atoms with Crippen molar-refractivity contribution in [2.75, 3.05) is 19.8 Å². The SMILES string of the molecule is CCOC(=O)C(Cc1ccccc1C#COC1CCCCO1)C(=O)OCC. The first-order valence-corrected chi connectivity index (χ1v) is 9.35. The summed E-state index contributed by atoms with van der Waals surface area (Å²) in [6.45, 7) is 4.48. The van der Waals surface area contributed by atoms with Crippen LogP contribution in [0.3, 0.4) is 0 Å². The predicted octanol–water partition coefficient (Wildman–Crippen LogP) is 2.82. The first kappa shape index (κ1) is 20.8. The molecule has 1 heterocycles. The van der Waals surface area contributed by atoms with Crippen molar-refractivity contribution in [1.82, 2.24) is 0 Å². The van der Waals surface area contributed by atoms with Crippen LogP contribution in [0.5, 0.6) is 0 Å². The van der Waals surface area contributed by atoms with Crippen molar-refractivity contribution in [3.8, 4) is 12.0 Å². The maximum absolute atomic E-state index is 12.2. The van der Waals surface area contributed by atoms with E-state index in [0.29, 0.717) is 12.2 Å². The van der Waals surface area contributed by atoms with E-state index in [0.717, 1.165) is 24.8 Å². The number of hydrogen-bond donors (Lipinski definition) is 0. The predicted molar refractivity (Wildman–Crippen MR) is 98.5 cm³/mol. The first-order valence-electron chi connectivity index (χ1n) is 9.35. The molecule has 1 aromatic rings. The van der Waals surface area contributed by atoms with Crippen molar-refractivity contribution >= 4 is 11.9 Å². The Labute approximate surface area is 160 Å². The van der Waals surface area contributed by atoms with Crippen LogP contribution in [0.25, 0.3) is 0 Å². The van der Waals surface area contributed by atoms with Gasteiger partial charge in [0.1, 0.15) is 6.11 Å². The minimum absolute atomic E-state index is 0.155. The highest BCUT2D eigenvalue weighted by Gasteiger charge is 2.30. The molecule has 1 saturated heterocycles. The number of benzene rings is 1. The zero-order chi connectivity index (χ0) is 19.5.